The SMILES string of the molecule is BC(B)=Cc1ccccc1-c1nc2c(cc1Cl)c(N1CCN(C(=O)C=C)C[C@@H]1C)nc(=O)n2-c1c(C(C)C)ncc(F)c1C. The van der Waals surface area contributed by atoms with E-state index in [0.29, 0.717) is 58.6 Å². The van der Waals surface area contributed by atoms with Crippen LogP contribution in [0.3, 0.4) is 0 Å². The molecule has 4 aromatic rings. The minimum atomic E-state index is -0.611. The number of aromatic nitrogens is 4. The van der Waals surface area contributed by atoms with Crippen LogP contribution in [0.2, 0.25) is 5.02 Å². The number of amides is 1. The quantitative estimate of drug-likeness (QED) is 0.244. The summed E-state index contributed by atoms with van der Waals surface area (Å²) in [6.45, 7) is 12.4. The summed E-state index contributed by atoms with van der Waals surface area (Å²) in [7, 11) is 4.02. The normalized spacial score (nSPS) is 15.1. The van der Waals surface area contributed by atoms with Gasteiger partial charge < -0.3 is 9.80 Å². The minimum Gasteiger partial charge on any atom is -0.350 e. The number of anilines is 1. The van der Waals surface area contributed by atoms with Gasteiger partial charge in [-0.05, 0) is 37.5 Å². The van der Waals surface area contributed by atoms with E-state index < -0.39 is 11.5 Å². The van der Waals surface area contributed by atoms with Crippen LogP contribution in [0.5, 0.6) is 0 Å². The summed E-state index contributed by atoms with van der Waals surface area (Å²) in [4.78, 5) is 44.2. The van der Waals surface area contributed by atoms with E-state index in [9.17, 15) is 9.59 Å². The second-order valence-corrected chi connectivity index (χ2v) is 12.1. The highest BCUT2D eigenvalue weighted by atomic mass is 35.5. The second kappa shape index (κ2) is 12.4. The Labute approximate surface area is 263 Å². The summed E-state index contributed by atoms with van der Waals surface area (Å²) in [6, 6.07) is 9.39. The number of hydrogen-bond acceptors (Lipinski definition) is 6. The molecule has 3 aromatic heterocycles. The highest BCUT2D eigenvalue weighted by molar-refractivity contribution is 6.50. The summed E-state index contributed by atoms with van der Waals surface area (Å²) in [5, 5.41) is 2.02. The zero-order chi connectivity index (χ0) is 31.9. The first-order valence-electron chi connectivity index (χ1n) is 14.6. The molecule has 1 aliphatic rings. The van der Waals surface area contributed by atoms with Crippen LogP contribution >= 0.6 is 11.6 Å². The van der Waals surface area contributed by atoms with Gasteiger partial charge in [0.05, 0.1) is 33.7 Å². The lowest BCUT2D eigenvalue weighted by Gasteiger charge is -2.40. The largest absolute Gasteiger partial charge is 0.355 e. The van der Waals surface area contributed by atoms with Crippen LogP contribution in [-0.4, -0.2) is 71.7 Å². The molecular weight excluding hydrogens is 576 g/mol. The fraction of sp³-hybridized carbons (Fsp3) is 0.281. The number of benzene rings is 1. The number of hydrogen-bond donors (Lipinski definition) is 0. The van der Waals surface area contributed by atoms with Gasteiger partial charge in [0.25, 0.3) is 0 Å². The van der Waals surface area contributed by atoms with Crippen LogP contribution in [-0.2, 0) is 4.79 Å². The van der Waals surface area contributed by atoms with Crippen molar-refractivity contribution in [2.24, 2.45) is 0 Å². The Hall–Kier alpha value is -4.24. The second-order valence-electron chi connectivity index (χ2n) is 11.7. The van der Waals surface area contributed by atoms with Crippen molar-refractivity contribution in [2.45, 2.75) is 39.7 Å². The Morgan fingerprint density at radius 1 is 1.20 bits per heavy atom. The van der Waals surface area contributed by atoms with Crippen LogP contribution < -0.4 is 10.6 Å². The summed E-state index contributed by atoms with van der Waals surface area (Å²) < 4.78 is 16.4. The fourth-order valence-electron chi connectivity index (χ4n) is 5.76. The summed E-state index contributed by atoms with van der Waals surface area (Å²) in [5.74, 6) is -0.393. The molecule has 224 valence electrons. The van der Waals surface area contributed by atoms with E-state index in [0.717, 1.165) is 16.5 Å². The zero-order valence-electron chi connectivity index (χ0n) is 25.9. The zero-order valence-corrected chi connectivity index (χ0v) is 26.6. The molecule has 1 amide bonds. The van der Waals surface area contributed by atoms with Crippen LogP contribution in [0.1, 0.15) is 43.5 Å². The average molecular weight is 611 g/mol. The topological polar surface area (TPSA) is 84.2 Å². The Bertz CT molecular complexity index is 1890. The first kappa shape index (κ1) is 31.2. The van der Waals surface area contributed by atoms with E-state index in [1.54, 1.807) is 17.9 Å². The third-order valence-corrected chi connectivity index (χ3v) is 8.18. The number of pyridine rings is 2. The maximum atomic E-state index is 15.1. The lowest BCUT2D eigenvalue weighted by Crippen LogP contribution is -2.54. The molecule has 1 fully saturated rings. The van der Waals surface area contributed by atoms with Gasteiger partial charge in [-0.1, -0.05) is 62.4 Å². The van der Waals surface area contributed by atoms with Crippen molar-refractivity contribution in [3.8, 4) is 16.9 Å². The number of fused-ring (bicyclic) bond motifs is 1. The maximum absolute atomic E-state index is 15.1. The van der Waals surface area contributed by atoms with Gasteiger partial charge in [0.1, 0.15) is 27.3 Å². The van der Waals surface area contributed by atoms with Crippen molar-refractivity contribution in [2.75, 3.05) is 24.5 Å². The first-order chi connectivity index (χ1) is 20.9. The summed E-state index contributed by atoms with van der Waals surface area (Å²) in [5.41, 5.74) is 3.03. The molecule has 1 aliphatic heterocycles. The average Bonchev–Trinajstić information content (AvgIpc) is 2.98. The van der Waals surface area contributed by atoms with Gasteiger partial charge in [0, 0.05) is 36.8 Å². The first-order valence-corrected chi connectivity index (χ1v) is 15.0. The molecule has 0 aliphatic carbocycles. The molecule has 0 radical (unpaired) electrons. The summed E-state index contributed by atoms with van der Waals surface area (Å²) in [6.07, 6.45) is 4.53. The lowest BCUT2D eigenvalue weighted by atomic mass is 9.77. The lowest BCUT2D eigenvalue weighted by molar-refractivity contribution is -0.126. The van der Waals surface area contributed by atoms with Crippen molar-refractivity contribution in [1.29, 1.82) is 0 Å². The third kappa shape index (κ3) is 5.68. The molecule has 1 atom stereocenters. The Balaban J connectivity index is 1.85. The minimum absolute atomic E-state index is 0.119. The monoisotopic (exact) mass is 610 g/mol. The van der Waals surface area contributed by atoms with Crippen LogP contribution in [0.25, 0.3) is 34.1 Å². The Kier molecular flexibility index (Phi) is 8.79. The Morgan fingerprint density at radius 2 is 1.93 bits per heavy atom. The molecular formula is C32H34B2ClFN6O2. The Morgan fingerprint density at radius 3 is 2.59 bits per heavy atom. The summed E-state index contributed by atoms with van der Waals surface area (Å²) >= 11 is 7.00. The third-order valence-electron chi connectivity index (χ3n) is 7.89. The van der Waals surface area contributed by atoms with Crippen LogP contribution in [0.4, 0.5) is 10.2 Å². The highest BCUT2D eigenvalue weighted by Gasteiger charge is 2.31. The van der Waals surface area contributed by atoms with Gasteiger partial charge in [-0.2, -0.15) is 4.98 Å². The van der Waals surface area contributed by atoms with E-state index >= 15 is 4.39 Å². The molecule has 44 heavy (non-hydrogen) atoms. The van der Waals surface area contributed by atoms with E-state index in [1.165, 1.54) is 16.8 Å². The number of nitrogens with zero attached hydrogens (tertiary/aromatic N) is 6. The van der Waals surface area contributed by atoms with Gasteiger partial charge in [-0.15, -0.1) is 5.37 Å². The van der Waals surface area contributed by atoms with Crippen molar-refractivity contribution < 1.29 is 9.18 Å². The van der Waals surface area contributed by atoms with Crippen molar-refractivity contribution in [3.63, 3.8) is 0 Å². The molecule has 12 heteroatoms. The molecule has 4 heterocycles. The van der Waals surface area contributed by atoms with E-state index in [1.807, 2.05) is 71.7 Å². The number of piperazine rings is 1. The molecule has 1 saturated heterocycles. The fourth-order valence-corrected chi connectivity index (χ4v) is 6.01. The van der Waals surface area contributed by atoms with E-state index in [2.05, 4.69) is 16.5 Å². The van der Waals surface area contributed by atoms with Gasteiger partial charge in [-0.25, -0.2) is 18.7 Å². The van der Waals surface area contributed by atoms with Crippen molar-refractivity contribution in [3.05, 3.63) is 92.7 Å². The molecule has 1 aromatic carbocycles. The number of halogens is 2. The van der Waals surface area contributed by atoms with Crippen molar-refractivity contribution in [1.82, 2.24) is 24.4 Å². The predicted octanol–water partition coefficient (Wildman–Crippen LogP) is 3.85. The standard InChI is InChI=1S/C32H34B2ClFN6O2/c1-6-26(43)40-11-12-41(18(4)16-40)30-22-14-23(35)28(21-10-8-7-9-20(21)13-25(33)34)38-31(22)42(32(44)39-30)29-19(5)24(36)15-37-27(29)17(2)3/h6-10,13-15,17-18H,1,11-12,16,33-34H2,2-5H3/t18-/m0/s1. The number of rotatable bonds is 6. The smallest absolute Gasteiger partial charge is 0.350 e. The maximum Gasteiger partial charge on any atom is 0.355 e. The molecule has 0 N–H and O–H groups in total. The number of carbonyl (C=O) groups is 1. The van der Waals surface area contributed by atoms with Crippen LogP contribution in [0, 0.1) is 12.7 Å². The van der Waals surface area contributed by atoms with Gasteiger partial charge in [0.2, 0.25) is 5.91 Å². The molecule has 0 saturated carbocycles. The van der Waals surface area contributed by atoms with E-state index in [4.69, 9.17) is 16.6 Å². The molecule has 5 rings (SSSR count). The van der Waals surface area contributed by atoms with Gasteiger partial charge >= 0.3 is 5.69 Å². The van der Waals surface area contributed by atoms with Crippen LogP contribution in [0.15, 0.2) is 59.3 Å². The molecule has 8 nitrogen and oxygen atoms in total. The number of carbonyl (C=O) groups excluding carboxylic acids is 1. The van der Waals surface area contributed by atoms with Gasteiger partial charge in [-0.3, -0.25) is 9.78 Å². The molecule has 0 unspecified atom stereocenters. The highest BCUT2D eigenvalue weighted by Crippen LogP contribution is 2.37. The molecule has 0 spiro atoms. The van der Waals surface area contributed by atoms with Crippen molar-refractivity contribution >= 4 is 56.1 Å². The van der Waals surface area contributed by atoms with E-state index in [-0.39, 0.29) is 23.4 Å². The predicted molar refractivity (Wildman–Crippen MR) is 181 cm³/mol. The van der Waals surface area contributed by atoms with Gasteiger partial charge in [0.15, 0.2) is 5.65 Å². The molecule has 0 bridgehead atoms.